The van der Waals surface area contributed by atoms with E-state index >= 15 is 0 Å². The second kappa shape index (κ2) is 17.2. The third-order valence-corrected chi connectivity index (χ3v) is 9.93. The van der Waals surface area contributed by atoms with Gasteiger partial charge in [0.1, 0.15) is 0 Å². The van der Waals surface area contributed by atoms with Gasteiger partial charge in [0.25, 0.3) is 0 Å². The molecule has 240 valence electrons. The maximum atomic E-state index is 5.70. The number of ether oxygens (including phenoxy) is 4. The fourth-order valence-corrected chi connectivity index (χ4v) is 7.55. The van der Waals surface area contributed by atoms with Crippen LogP contribution in [0.25, 0.3) is 0 Å². The smallest absolute Gasteiger partial charge is 0.161 e. The Morgan fingerprint density at radius 2 is 0.930 bits per heavy atom. The van der Waals surface area contributed by atoms with Crippen LogP contribution >= 0.6 is 0 Å². The summed E-state index contributed by atoms with van der Waals surface area (Å²) in [6.07, 6.45) is 16.1. The van der Waals surface area contributed by atoms with Crippen LogP contribution in [0.3, 0.4) is 0 Å². The Morgan fingerprint density at radius 1 is 0.558 bits per heavy atom. The summed E-state index contributed by atoms with van der Waals surface area (Å²) < 4.78 is 22.6. The molecule has 43 heavy (non-hydrogen) atoms. The van der Waals surface area contributed by atoms with Gasteiger partial charge in [-0.05, 0) is 110 Å². The number of fused-ring (bicyclic) bond motifs is 2. The van der Waals surface area contributed by atoms with Crippen LogP contribution in [-0.4, -0.2) is 41.5 Å². The lowest BCUT2D eigenvalue weighted by Crippen LogP contribution is -2.35. The molecule has 0 bridgehead atoms. The first-order valence-electron chi connectivity index (χ1n) is 17.0. The molecular weight excluding hydrogens is 536 g/mol. The molecule has 0 radical (unpaired) electrons. The molecule has 6 nitrogen and oxygen atoms in total. The first-order valence-corrected chi connectivity index (χ1v) is 17.0. The van der Waals surface area contributed by atoms with Gasteiger partial charge in [-0.1, -0.05) is 58.8 Å². The maximum Gasteiger partial charge on any atom is 0.161 e. The van der Waals surface area contributed by atoms with Gasteiger partial charge in [-0.2, -0.15) is 0 Å². The molecule has 2 aliphatic heterocycles. The number of hydrogen-bond acceptors (Lipinski definition) is 6. The van der Waals surface area contributed by atoms with Crippen LogP contribution in [0.4, 0.5) is 0 Å². The zero-order chi connectivity index (χ0) is 30.6. The lowest BCUT2D eigenvalue weighted by molar-refractivity contribution is 0.278. The van der Waals surface area contributed by atoms with E-state index in [0.717, 1.165) is 48.9 Å². The molecule has 2 aliphatic rings. The molecule has 0 saturated heterocycles. The third-order valence-electron chi connectivity index (χ3n) is 9.93. The highest BCUT2D eigenvalue weighted by atomic mass is 16.5. The summed E-state index contributed by atoms with van der Waals surface area (Å²) >= 11 is 0. The van der Waals surface area contributed by atoms with Gasteiger partial charge in [0.05, 0.1) is 28.4 Å². The van der Waals surface area contributed by atoms with Gasteiger partial charge in [-0.25, -0.2) is 0 Å². The predicted octanol–water partition coefficient (Wildman–Crippen LogP) is 8.36. The van der Waals surface area contributed by atoms with Crippen molar-refractivity contribution in [1.82, 2.24) is 10.6 Å². The van der Waals surface area contributed by atoms with Gasteiger partial charge in [0.15, 0.2) is 23.0 Å². The first-order chi connectivity index (χ1) is 21.1. The van der Waals surface area contributed by atoms with Crippen molar-refractivity contribution in [2.24, 2.45) is 11.8 Å². The topological polar surface area (TPSA) is 61.0 Å². The van der Waals surface area contributed by atoms with Crippen LogP contribution < -0.4 is 29.6 Å². The zero-order valence-electron chi connectivity index (χ0n) is 27.9. The Balaban J connectivity index is 1.40. The van der Waals surface area contributed by atoms with Crippen LogP contribution in [0.2, 0.25) is 0 Å². The monoisotopic (exact) mass is 594 g/mol. The first kappa shape index (κ1) is 33.5. The van der Waals surface area contributed by atoms with Crippen molar-refractivity contribution in [3.63, 3.8) is 0 Å². The number of nitrogens with one attached hydrogen (secondary N) is 2. The van der Waals surface area contributed by atoms with Gasteiger partial charge >= 0.3 is 0 Å². The summed E-state index contributed by atoms with van der Waals surface area (Å²) in [6, 6.07) is 9.67. The molecule has 0 amide bonds. The molecule has 0 unspecified atom stereocenters. The Hall–Kier alpha value is -2.44. The Morgan fingerprint density at radius 3 is 1.30 bits per heavy atom. The van der Waals surface area contributed by atoms with Crippen LogP contribution in [-0.2, 0) is 12.8 Å². The van der Waals surface area contributed by atoms with Gasteiger partial charge in [0, 0.05) is 12.1 Å². The normalized spacial score (nSPS) is 19.2. The van der Waals surface area contributed by atoms with E-state index in [2.05, 4.69) is 48.7 Å². The van der Waals surface area contributed by atoms with Crippen molar-refractivity contribution < 1.29 is 18.9 Å². The molecule has 6 heteroatoms. The molecule has 0 fully saturated rings. The van der Waals surface area contributed by atoms with Gasteiger partial charge in [-0.15, -0.1) is 0 Å². The van der Waals surface area contributed by atoms with Crippen molar-refractivity contribution >= 4 is 0 Å². The lowest BCUT2D eigenvalue weighted by Gasteiger charge is -2.35. The molecule has 2 aromatic rings. The van der Waals surface area contributed by atoms with Crippen molar-refractivity contribution in [2.45, 2.75) is 109 Å². The molecule has 0 aliphatic carbocycles. The minimum atomic E-state index is 0.391. The number of rotatable bonds is 18. The Labute approximate surface area is 261 Å². The molecule has 4 rings (SSSR count). The van der Waals surface area contributed by atoms with Crippen molar-refractivity contribution in [1.29, 1.82) is 0 Å². The fourth-order valence-electron chi connectivity index (χ4n) is 7.55. The van der Waals surface area contributed by atoms with Gasteiger partial charge in [-0.3, -0.25) is 0 Å². The van der Waals surface area contributed by atoms with Gasteiger partial charge < -0.3 is 29.6 Å². The SMILES string of the molecule is CCCC[C@@H](CCCCC[C@H](CCCC)[C@H]1NCCc2cc(OC)c(OC)cc21)[C@H]1NCCc2cc(OC)c(OC)cc21. The second-order valence-corrected chi connectivity index (χ2v) is 12.6. The number of benzene rings is 2. The molecule has 4 atom stereocenters. The predicted molar refractivity (Wildman–Crippen MR) is 177 cm³/mol. The van der Waals surface area contributed by atoms with Crippen LogP contribution in [0, 0.1) is 11.8 Å². The minimum Gasteiger partial charge on any atom is -0.493 e. The van der Waals surface area contributed by atoms with E-state index in [0.29, 0.717) is 23.9 Å². The molecule has 2 aromatic carbocycles. The fraction of sp³-hybridized carbons (Fsp3) is 0.676. The standard InChI is InChI=1S/C37H58N2O4/c1-7-9-14-26(36-30-24-34(42-5)32(40-3)22-28(30)18-20-38-36)16-12-11-13-17-27(15-10-8-2)37-31-25-35(43-6)33(41-4)23-29(31)19-21-39-37/h22-27,36-39H,7-21H2,1-6H3/t26-,27-,36+,37+/m0/s1. The van der Waals surface area contributed by atoms with Crippen molar-refractivity contribution in [2.75, 3.05) is 41.5 Å². The summed E-state index contributed by atoms with van der Waals surface area (Å²) in [7, 11) is 6.95. The van der Waals surface area contributed by atoms with E-state index in [-0.39, 0.29) is 0 Å². The van der Waals surface area contributed by atoms with Crippen molar-refractivity contribution in [3.8, 4) is 23.0 Å². The van der Waals surface area contributed by atoms with E-state index in [1.165, 1.54) is 92.9 Å². The Kier molecular flexibility index (Phi) is 13.3. The zero-order valence-corrected chi connectivity index (χ0v) is 27.9. The number of hydrogen-bond donors (Lipinski definition) is 2. The highest BCUT2D eigenvalue weighted by Crippen LogP contribution is 2.42. The summed E-state index contributed by atoms with van der Waals surface area (Å²) in [6.45, 7) is 6.68. The molecule has 0 aromatic heterocycles. The third kappa shape index (κ3) is 8.39. The molecule has 0 spiro atoms. The minimum absolute atomic E-state index is 0.391. The Bertz CT molecular complexity index is 1050. The molecule has 2 N–H and O–H groups in total. The largest absolute Gasteiger partial charge is 0.493 e. The van der Waals surface area contributed by atoms with Crippen molar-refractivity contribution in [3.05, 3.63) is 46.5 Å². The van der Waals surface area contributed by atoms with Crippen LogP contribution in [0.1, 0.15) is 119 Å². The molecular formula is C37H58N2O4. The number of unbranched alkanes of at least 4 members (excludes halogenated alkanes) is 4. The summed E-state index contributed by atoms with van der Waals surface area (Å²) in [5, 5.41) is 7.80. The van der Waals surface area contributed by atoms with E-state index < -0.39 is 0 Å². The van der Waals surface area contributed by atoms with Gasteiger partial charge in [0.2, 0.25) is 0 Å². The second-order valence-electron chi connectivity index (χ2n) is 12.6. The lowest BCUT2D eigenvalue weighted by atomic mass is 9.79. The average molecular weight is 595 g/mol. The quantitative estimate of drug-likeness (QED) is 0.169. The highest BCUT2D eigenvalue weighted by Gasteiger charge is 2.30. The van der Waals surface area contributed by atoms with E-state index in [9.17, 15) is 0 Å². The van der Waals surface area contributed by atoms with E-state index in [1.807, 2.05) is 0 Å². The summed E-state index contributed by atoms with van der Waals surface area (Å²) in [5.74, 6) is 4.66. The maximum absolute atomic E-state index is 5.70. The van der Waals surface area contributed by atoms with Crippen LogP contribution in [0.15, 0.2) is 24.3 Å². The summed E-state index contributed by atoms with van der Waals surface area (Å²) in [5.41, 5.74) is 5.66. The summed E-state index contributed by atoms with van der Waals surface area (Å²) in [4.78, 5) is 0. The van der Waals surface area contributed by atoms with Crippen LogP contribution in [0.5, 0.6) is 23.0 Å². The molecule has 2 heterocycles. The average Bonchev–Trinajstić information content (AvgIpc) is 3.05. The van der Waals surface area contributed by atoms with E-state index in [1.54, 1.807) is 28.4 Å². The highest BCUT2D eigenvalue weighted by molar-refractivity contribution is 5.50. The number of methoxy groups -OCH3 is 4. The molecule has 0 saturated carbocycles. The van der Waals surface area contributed by atoms with E-state index in [4.69, 9.17) is 18.9 Å².